The first-order chi connectivity index (χ1) is 6.62. The van der Waals surface area contributed by atoms with Crippen LogP contribution in [-0.4, -0.2) is 17.4 Å². The number of nitrogens with zero attached hydrogens (tertiary/aromatic N) is 1. The third-order valence-electron chi connectivity index (χ3n) is 2.21. The van der Waals surface area contributed by atoms with Crippen LogP contribution in [0.5, 0.6) is 0 Å². The number of thiazole rings is 1. The molecular formula is C9H15N3OS. The summed E-state index contributed by atoms with van der Waals surface area (Å²) in [5.41, 5.74) is 4.87. The molecule has 0 spiro atoms. The molecule has 1 unspecified atom stereocenters. The van der Waals surface area contributed by atoms with Crippen LogP contribution >= 0.6 is 11.3 Å². The molecule has 78 valence electrons. The minimum Gasteiger partial charge on any atom is -0.343 e. The van der Waals surface area contributed by atoms with Gasteiger partial charge in [0.05, 0.1) is 12.1 Å². The lowest BCUT2D eigenvalue weighted by molar-refractivity contribution is -0.121. The Bertz CT molecular complexity index is 299. The number of amides is 1. The molecule has 1 aromatic rings. The Balaban J connectivity index is 2.82. The first kappa shape index (κ1) is 11.1. The Hall–Kier alpha value is -0.940. The van der Waals surface area contributed by atoms with Gasteiger partial charge in [0, 0.05) is 11.6 Å². The summed E-state index contributed by atoms with van der Waals surface area (Å²) in [4.78, 5) is 15.4. The Morgan fingerprint density at radius 3 is 2.93 bits per heavy atom. The first-order valence-corrected chi connectivity index (χ1v) is 5.41. The average molecular weight is 213 g/mol. The molecule has 1 heterocycles. The van der Waals surface area contributed by atoms with E-state index in [1.165, 1.54) is 0 Å². The van der Waals surface area contributed by atoms with Crippen LogP contribution in [0.25, 0.3) is 0 Å². The van der Waals surface area contributed by atoms with E-state index in [9.17, 15) is 4.79 Å². The predicted molar refractivity (Wildman–Crippen MR) is 57.0 cm³/mol. The van der Waals surface area contributed by atoms with E-state index in [1.54, 1.807) is 17.5 Å². The van der Waals surface area contributed by atoms with Gasteiger partial charge in [0.15, 0.2) is 0 Å². The molecule has 0 fully saturated rings. The van der Waals surface area contributed by atoms with E-state index in [0.29, 0.717) is 0 Å². The van der Waals surface area contributed by atoms with Crippen LogP contribution in [0.3, 0.4) is 0 Å². The molecule has 1 amide bonds. The number of nitrogens with two attached hydrogens (primary N) is 1. The van der Waals surface area contributed by atoms with E-state index < -0.39 is 0 Å². The smallest absolute Gasteiger partial charge is 0.234 e. The van der Waals surface area contributed by atoms with E-state index in [4.69, 9.17) is 5.73 Å². The van der Waals surface area contributed by atoms with Crippen molar-refractivity contribution in [3.63, 3.8) is 0 Å². The molecule has 1 atom stereocenters. The van der Waals surface area contributed by atoms with Crippen molar-refractivity contribution in [2.24, 2.45) is 5.73 Å². The zero-order valence-corrected chi connectivity index (χ0v) is 9.23. The topological polar surface area (TPSA) is 68.0 Å². The normalized spacial score (nSPS) is 14.8. The second-order valence-corrected chi connectivity index (χ2v) is 4.17. The Labute approximate surface area is 87.5 Å². The Kier molecular flexibility index (Phi) is 3.60. The molecule has 0 saturated heterocycles. The summed E-state index contributed by atoms with van der Waals surface area (Å²) in [6, 6.07) is 0. The van der Waals surface area contributed by atoms with Gasteiger partial charge in [-0.25, -0.2) is 4.98 Å². The molecule has 0 aromatic carbocycles. The van der Waals surface area contributed by atoms with E-state index >= 15 is 0 Å². The van der Waals surface area contributed by atoms with Crippen LogP contribution in [0, 0.1) is 0 Å². The SMILES string of the molecule is CCC(C)(NC(=O)CN)c1nccs1. The van der Waals surface area contributed by atoms with Crippen molar-refractivity contribution in [2.75, 3.05) is 6.54 Å². The van der Waals surface area contributed by atoms with E-state index in [2.05, 4.69) is 10.3 Å². The van der Waals surface area contributed by atoms with Crippen LogP contribution in [0.2, 0.25) is 0 Å². The lowest BCUT2D eigenvalue weighted by Gasteiger charge is -2.27. The molecule has 14 heavy (non-hydrogen) atoms. The lowest BCUT2D eigenvalue weighted by atomic mass is 10.00. The number of rotatable bonds is 4. The van der Waals surface area contributed by atoms with Gasteiger partial charge in [0.2, 0.25) is 5.91 Å². The van der Waals surface area contributed by atoms with Crippen molar-refractivity contribution in [3.05, 3.63) is 16.6 Å². The van der Waals surface area contributed by atoms with Crippen molar-refractivity contribution >= 4 is 17.2 Å². The summed E-state index contributed by atoms with van der Waals surface area (Å²) < 4.78 is 0. The van der Waals surface area contributed by atoms with E-state index in [0.717, 1.165) is 11.4 Å². The van der Waals surface area contributed by atoms with Crippen molar-refractivity contribution < 1.29 is 4.79 Å². The molecule has 0 radical (unpaired) electrons. The molecule has 0 bridgehead atoms. The summed E-state index contributed by atoms with van der Waals surface area (Å²) in [5.74, 6) is -0.149. The molecule has 0 aliphatic rings. The van der Waals surface area contributed by atoms with Gasteiger partial charge >= 0.3 is 0 Å². The molecule has 0 aliphatic heterocycles. The standard InChI is InChI=1S/C9H15N3OS/c1-3-9(2,12-7(13)6-10)8-11-4-5-14-8/h4-5H,3,6,10H2,1-2H3,(H,12,13). The summed E-state index contributed by atoms with van der Waals surface area (Å²) in [6.45, 7) is 3.98. The molecule has 1 rings (SSSR count). The quantitative estimate of drug-likeness (QED) is 0.779. The minimum atomic E-state index is -0.384. The van der Waals surface area contributed by atoms with Gasteiger partial charge in [-0.2, -0.15) is 0 Å². The van der Waals surface area contributed by atoms with Crippen LogP contribution in [0.4, 0.5) is 0 Å². The summed E-state index contributed by atoms with van der Waals surface area (Å²) in [7, 11) is 0. The third kappa shape index (κ3) is 2.30. The van der Waals surface area contributed by atoms with Gasteiger partial charge in [0.1, 0.15) is 5.01 Å². The molecule has 1 aromatic heterocycles. The van der Waals surface area contributed by atoms with Gasteiger partial charge < -0.3 is 11.1 Å². The fourth-order valence-corrected chi connectivity index (χ4v) is 1.98. The van der Waals surface area contributed by atoms with Gasteiger partial charge in [-0.05, 0) is 13.3 Å². The number of carbonyl (C=O) groups excluding carboxylic acids is 1. The fourth-order valence-electron chi connectivity index (χ4n) is 1.15. The number of hydrogen-bond donors (Lipinski definition) is 2. The van der Waals surface area contributed by atoms with Crippen molar-refractivity contribution in [1.82, 2.24) is 10.3 Å². The highest BCUT2D eigenvalue weighted by atomic mass is 32.1. The van der Waals surface area contributed by atoms with Gasteiger partial charge in [0.25, 0.3) is 0 Å². The molecule has 0 aliphatic carbocycles. The van der Waals surface area contributed by atoms with Gasteiger partial charge in [-0.1, -0.05) is 6.92 Å². The Morgan fingerprint density at radius 2 is 2.50 bits per heavy atom. The number of carbonyl (C=O) groups is 1. The number of aromatic nitrogens is 1. The highest BCUT2D eigenvalue weighted by Gasteiger charge is 2.28. The van der Waals surface area contributed by atoms with Crippen molar-refractivity contribution in [2.45, 2.75) is 25.8 Å². The predicted octanol–water partition coefficient (Wildman–Crippen LogP) is 0.843. The molecule has 4 nitrogen and oxygen atoms in total. The first-order valence-electron chi connectivity index (χ1n) is 4.53. The molecule has 5 heteroatoms. The fraction of sp³-hybridized carbons (Fsp3) is 0.556. The molecule has 0 saturated carbocycles. The van der Waals surface area contributed by atoms with E-state index in [1.807, 2.05) is 19.2 Å². The Morgan fingerprint density at radius 1 is 1.79 bits per heavy atom. The highest BCUT2D eigenvalue weighted by molar-refractivity contribution is 7.09. The van der Waals surface area contributed by atoms with Crippen LogP contribution < -0.4 is 11.1 Å². The van der Waals surface area contributed by atoms with Gasteiger partial charge in [-0.3, -0.25) is 4.79 Å². The number of hydrogen-bond acceptors (Lipinski definition) is 4. The summed E-state index contributed by atoms with van der Waals surface area (Å²) >= 11 is 1.54. The lowest BCUT2D eigenvalue weighted by Crippen LogP contribution is -2.45. The summed E-state index contributed by atoms with van der Waals surface area (Å²) in [6.07, 6.45) is 2.54. The largest absolute Gasteiger partial charge is 0.343 e. The maximum absolute atomic E-state index is 11.2. The minimum absolute atomic E-state index is 0.0148. The second kappa shape index (κ2) is 4.52. The molecular weight excluding hydrogens is 198 g/mol. The van der Waals surface area contributed by atoms with Crippen LogP contribution in [0.15, 0.2) is 11.6 Å². The maximum atomic E-state index is 11.2. The highest BCUT2D eigenvalue weighted by Crippen LogP contribution is 2.25. The maximum Gasteiger partial charge on any atom is 0.234 e. The number of nitrogens with one attached hydrogen (secondary N) is 1. The van der Waals surface area contributed by atoms with Crippen molar-refractivity contribution in [1.29, 1.82) is 0 Å². The van der Waals surface area contributed by atoms with Gasteiger partial charge in [-0.15, -0.1) is 11.3 Å². The van der Waals surface area contributed by atoms with Crippen LogP contribution in [-0.2, 0) is 10.3 Å². The van der Waals surface area contributed by atoms with E-state index in [-0.39, 0.29) is 18.0 Å². The monoisotopic (exact) mass is 213 g/mol. The zero-order chi connectivity index (χ0) is 10.6. The second-order valence-electron chi connectivity index (χ2n) is 3.28. The molecule has 3 N–H and O–H groups in total. The van der Waals surface area contributed by atoms with Crippen molar-refractivity contribution in [3.8, 4) is 0 Å². The summed E-state index contributed by atoms with van der Waals surface area (Å²) in [5, 5.41) is 5.70. The average Bonchev–Trinajstić information content (AvgIpc) is 2.70. The van der Waals surface area contributed by atoms with Crippen LogP contribution in [0.1, 0.15) is 25.3 Å². The zero-order valence-electron chi connectivity index (χ0n) is 8.41. The third-order valence-corrected chi connectivity index (χ3v) is 3.25.